The number of aliphatic hydroxyl groups excluding tert-OH is 5. The average Bonchev–Trinajstić information content (AvgIpc) is 3.90. The Labute approximate surface area is 262 Å². The fourth-order valence-corrected chi connectivity index (χ4v) is 5.08. The first kappa shape index (κ1) is 31.7. The molecule has 2 saturated heterocycles. The van der Waals surface area contributed by atoms with Gasteiger partial charge in [-0.15, -0.1) is 0 Å². The number of H-pyrrole nitrogens is 1. The lowest BCUT2D eigenvalue weighted by molar-refractivity contribution is -0.0511. The number of fused-ring (bicyclic) bond motifs is 3. The molecule has 248 valence electrons. The van der Waals surface area contributed by atoms with Crippen molar-refractivity contribution in [3.63, 3.8) is 0 Å². The fourth-order valence-electron chi connectivity index (χ4n) is 5.08. The summed E-state index contributed by atoms with van der Waals surface area (Å²) in [5.41, 5.74) is 20.0. The third-order valence-corrected chi connectivity index (χ3v) is 7.51. The van der Waals surface area contributed by atoms with Gasteiger partial charge in [0.25, 0.3) is 0 Å². The summed E-state index contributed by atoms with van der Waals surface area (Å²) >= 11 is 0. The Balaban J connectivity index is 0.000000129. The zero-order valence-corrected chi connectivity index (χ0v) is 24.3. The van der Waals surface area contributed by atoms with Gasteiger partial charge in [0, 0.05) is 6.42 Å². The molecule has 0 aromatic carbocycles. The number of hydrogen-bond acceptors (Lipinski definition) is 19. The topological polar surface area (TPSA) is 339 Å². The minimum Gasteiger partial charge on any atom is -0.394 e. The molecule has 47 heavy (non-hydrogen) atoms. The smallest absolute Gasteiger partial charge is 0.182 e. The molecule has 2 aliphatic rings. The molecule has 0 spiro atoms. The van der Waals surface area contributed by atoms with Crippen molar-refractivity contribution in [2.75, 3.05) is 30.4 Å². The third-order valence-electron chi connectivity index (χ3n) is 7.51. The van der Waals surface area contributed by atoms with Crippen LogP contribution in [0.15, 0.2) is 38.0 Å². The number of nitrogens with zero attached hydrogens (tertiary/aromatic N) is 11. The van der Waals surface area contributed by atoms with Gasteiger partial charge in [0.15, 0.2) is 40.6 Å². The monoisotopic (exact) mass is 653 g/mol. The first-order valence-corrected chi connectivity index (χ1v) is 14.0. The maximum atomic E-state index is 9.95. The van der Waals surface area contributed by atoms with E-state index in [4.69, 9.17) is 36.9 Å². The molecule has 0 saturated carbocycles. The molecule has 22 nitrogen and oxygen atoms in total. The minimum atomic E-state index is -1.19. The van der Waals surface area contributed by atoms with E-state index in [9.17, 15) is 15.3 Å². The van der Waals surface area contributed by atoms with Crippen molar-refractivity contribution in [3.8, 4) is 0 Å². The van der Waals surface area contributed by atoms with E-state index in [-0.39, 0.29) is 12.4 Å². The quantitative estimate of drug-likeness (QED) is 0.0915. The van der Waals surface area contributed by atoms with Gasteiger partial charge in [-0.25, -0.2) is 44.9 Å². The standard InChI is InChI=1S/C10H13N5O4.C10H13N5O3.C5H5N5/c11-8-5-9(13-2-12-8)15(3-14-5)10-7(18)6(17)4(1-16)19-10;11-9-8-10(13-3-12-9)15(4-14-8)7-1-5(17)6(2-16)18-7;6-4-3-5(9-1-7-3)10-2-8-4/h2-4,6-7,10,16-18H,1H2,(H2,11,12,13);3-7,16-17H,1-2H2,(H2,11,12,13);1-2H,(H3,6,7,8,9,10)/t4-,6-,7-,10-;5-,6+,7+;/m10./s1. The second-order valence-corrected chi connectivity index (χ2v) is 10.4. The van der Waals surface area contributed by atoms with Gasteiger partial charge >= 0.3 is 0 Å². The van der Waals surface area contributed by atoms with Crippen molar-refractivity contribution in [2.45, 2.75) is 49.4 Å². The number of nitrogens with two attached hydrogens (primary N) is 3. The molecular formula is C25H31N15O7. The maximum absolute atomic E-state index is 9.95. The van der Waals surface area contributed by atoms with Crippen LogP contribution in [0, 0.1) is 0 Å². The summed E-state index contributed by atoms with van der Waals surface area (Å²) in [5.74, 6) is 0.953. The molecule has 0 bridgehead atoms. The van der Waals surface area contributed by atoms with E-state index in [0.29, 0.717) is 51.5 Å². The highest BCUT2D eigenvalue weighted by Crippen LogP contribution is 2.32. The van der Waals surface area contributed by atoms with Gasteiger partial charge < -0.3 is 57.2 Å². The summed E-state index contributed by atoms with van der Waals surface area (Å²) in [5, 5.41) is 47.5. The van der Waals surface area contributed by atoms with Gasteiger partial charge in [-0.05, 0) is 0 Å². The summed E-state index contributed by atoms with van der Waals surface area (Å²) in [6.07, 6.45) is 3.10. The molecule has 6 aromatic rings. The third kappa shape index (κ3) is 6.03. The Bertz CT molecular complexity index is 1970. The number of imidazole rings is 3. The van der Waals surface area contributed by atoms with E-state index in [1.807, 2.05) is 0 Å². The lowest BCUT2D eigenvalue weighted by Crippen LogP contribution is -2.33. The molecule has 6 aromatic heterocycles. The first-order valence-electron chi connectivity index (χ1n) is 14.0. The van der Waals surface area contributed by atoms with Crippen LogP contribution in [0.25, 0.3) is 33.5 Å². The van der Waals surface area contributed by atoms with Crippen molar-refractivity contribution in [3.05, 3.63) is 38.0 Å². The normalized spacial score (nSPS) is 25.5. The van der Waals surface area contributed by atoms with Crippen LogP contribution in [0.2, 0.25) is 0 Å². The van der Waals surface area contributed by atoms with Crippen molar-refractivity contribution < 1.29 is 35.0 Å². The maximum Gasteiger partial charge on any atom is 0.182 e. The van der Waals surface area contributed by atoms with E-state index in [1.165, 1.54) is 36.2 Å². The van der Waals surface area contributed by atoms with Crippen LogP contribution in [0.4, 0.5) is 17.5 Å². The molecule has 2 fully saturated rings. The van der Waals surface area contributed by atoms with E-state index < -0.39 is 49.6 Å². The van der Waals surface area contributed by atoms with Crippen LogP contribution in [0.1, 0.15) is 18.9 Å². The van der Waals surface area contributed by atoms with Gasteiger partial charge in [-0.1, -0.05) is 0 Å². The molecule has 7 atom stereocenters. The van der Waals surface area contributed by atoms with Crippen molar-refractivity contribution >= 4 is 50.9 Å². The molecule has 12 N–H and O–H groups in total. The van der Waals surface area contributed by atoms with Crippen LogP contribution in [0.5, 0.6) is 0 Å². The van der Waals surface area contributed by atoms with Gasteiger partial charge in [0.2, 0.25) is 0 Å². The Morgan fingerprint density at radius 1 is 0.702 bits per heavy atom. The van der Waals surface area contributed by atoms with Gasteiger partial charge in [-0.2, -0.15) is 0 Å². The van der Waals surface area contributed by atoms with Crippen LogP contribution >= 0.6 is 0 Å². The number of hydrogen-bond donors (Lipinski definition) is 9. The van der Waals surface area contributed by atoms with Gasteiger partial charge in [-0.3, -0.25) is 9.13 Å². The van der Waals surface area contributed by atoms with E-state index in [2.05, 4.69) is 49.8 Å². The number of aliphatic hydroxyl groups is 5. The molecular weight excluding hydrogens is 622 g/mol. The van der Waals surface area contributed by atoms with Crippen LogP contribution in [-0.4, -0.2) is 128 Å². The summed E-state index contributed by atoms with van der Waals surface area (Å²) in [4.78, 5) is 38.3. The highest BCUT2D eigenvalue weighted by atomic mass is 16.6. The molecule has 2 aliphatic heterocycles. The van der Waals surface area contributed by atoms with E-state index in [1.54, 1.807) is 10.9 Å². The highest BCUT2D eigenvalue weighted by molar-refractivity contribution is 5.82. The van der Waals surface area contributed by atoms with Crippen molar-refractivity contribution in [2.24, 2.45) is 0 Å². The number of nitrogens with one attached hydrogen (secondary N) is 1. The average molecular weight is 654 g/mol. The van der Waals surface area contributed by atoms with Gasteiger partial charge in [0.05, 0.1) is 38.3 Å². The summed E-state index contributed by atoms with van der Waals surface area (Å²) in [7, 11) is 0. The molecule has 0 radical (unpaired) electrons. The SMILES string of the molecule is Nc1ncnc2c1ncn2[C@@H]1O[C@H](CO)[C@@H](O)[C@H]1O.Nc1ncnc2c1ncn2[C@H]1C[C@H](O)[C@@H](CO)O1.Nc1ncnc2nc[nH]c12. The molecule has 0 aliphatic carbocycles. The predicted octanol–water partition coefficient (Wildman–Crippen LogP) is -3.00. The van der Waals surface area contributed by atoms with Crippen LogP contribution in [0.3, 0.4) is 0 Å². The molecule has 8 rings (SSSR count). The Morgan fingerprint density at radius 3 is 1.89 bits per heavy atom. The summed E-state index contributed by atoms with van der Waals surface area (Å²) < 4.78 is 14.1. The predicted molar refractivity (Wildman–Crippen MR) is 160 cm³/mol. The zero-order chi connectivity index (χ0) is 33.2. The molecule has 0 unspecified atom stereocenters. The van der Waals surface area contributed by atoms with Crippen LogP contribution in [-0.2, 0) is 9.47 Å². The Kier molecular flexibility index (Phi) is 8.95. The highest BCUT2D eigenvalue weighted by Gasteiger charge is 2.44. The first-order chi connectivity index (χ1) is 22.7. The van der Waals surface area contributed by atoms with E-state index >= 15 is 0 Å². The summed E-state index contributed by atoms with van der Waals surface area (Å²) in [6.45, 7) is -0.611. The van der Waals surface area contributed by atoms with E-state index in [0.717, 1.165) is 0 Å². The summed E-state index contributed by atoms with van der Waals surface area (Å²) in [6, 6.07) is 0. The molecule has 8 heterocycles. The fraction of sp³-hybridized carbons (Fsp3) is 0.400. The number of anilines is 3. The number of nitrogen functional groups attached to an aromatic ring is 3. The Morgan fingerprint density at radius 2 is 1.30 bits per heavy atom. The molecule has 0 amide bonds. The van der Waals surface area contributed by atoms with Crippen molar-refractivity contribution in [1.29, 1.82) is 0 Å². The zero-order valence-electron chi connectivity index (χ0n) is 24.3. The van der Waals surface area contributed by atoms with Gasteiger partial charge in [0.1, 0.15) is 66.2 Å². The second-order valence-electron chi connectivity index (χ2n) is 10.4. The second kappa shape index (κ2) is 13.2. The number of aromatic nitrogens is 12. The van der Waals surface area contributed by atoms with Crippen LogP contribution < -0.4 is 17.2 Å². The minimum absolute atomic E-state index is 0.218. The lowest BCUT2D eigenvalue weighted by Gasteiger charge is -2.16. The number of rotatable bonds is 4. The Hall–Kier alpha value is -5.23. The van der Waals surface area contributed by atoms with Crippen molar-refractivity contribution in [1.82, 2.24) is 59.0 Å². The number of ether oxygens (including phenoxy) is 2. The largest absolute Gasteiger partial charge is 0.394 e. The lowest BCUT2D eigenvalue weighted by atomic mass is 10.1. The molecule has 22 heteroatoms. The number of aromatic amines is 1.